The van der Waals surface area contributed by atoms with Gasteiger partial charge in [0.25, 0.3) is 0 Å². The molecule has 0 aromatic heterocycles. The van der Waals surface area contributed by atoms with Crippen molar-refractivity contribution in [3.05, 3.63) is 29.8 Å². The molecule has 0 amide bonds. The molecule has 1 rings (SSSR count). The lowest BCUT2D eigenvalue weighted by Gasteiger charge is -2.25. The molecule has 0 aliphatic heterocycles. The van der Waals surface area contributed by atoms with Crippen LogP contribution in [0.25, 0.3) is 0 Å². The van der Waals surface area contributed by atoms with Crippen LogP contribution < -0.4 is 10.1 Å². The topological polar surface area (TPSA) is 21.3 Å². The molecule has 2 nitrogen and oxygen atoms in total. The van der Waals surface area contributed by atoms with Crippen LogP contribution in [0.3, 0.4) is 0 Å². The molecule has 1 N–H and O–H groups in total. The summed E-state index contributed by atoms with van der Waals surface area (Å²) in [4.78, 5) is 0. The van der Waals surface area contributed by atoms with Gasteiger partial charge in [-0.15, -0.1) is 0 Å². The van der Waals surface area contributed by atoms with E-state index in [2.05, 4.69) is 57.3 Å². The number of nitrogens with one attached hydrogen (secondary N) is 1. The number of rotatable bonds is 9. The van der Waals surface area contributed by atoms with E-state index in [9.17, 15) is 0 Å². The van der Waals surface area contributed by atoms with Crippen molar-refractivity contribution in [3.63, 3.8) is 0 Å². The third kappa shape index (κ3) is 5.54. The summed E-state index contributed by atoms with van der Waals surface area (Å²) in [5.41, 5.74) is 1.33. The van der Waals surface area contributed by atoms with Gasteiger partial charge in [-0.25, -0.2) is 0 Å². The minimum absolute atomic E-state index is 0.389. The molecule has 0 spiro atoms. The van der Waals surface area contributed by atoms with Gasteiger partial charge in [0.1, 0.15) is 5.75 Å². The maximum atomic E-state index is 5.49. The van der Waals surface area contributed by atoms with Crippen LogP contribution in [0.15, 0.2) is 24.3 Å². The van der Waals surface area contributed by atoms with Gasteiger partial charge >= 0.3 is 0 Å². The van der Waals surface area contributed by atoms with E-state index in [4.69, 9.17) is 4.74 Å². The van der Waals surface area contributed by atoms with Gasteiger partial charge < -0.3 is 10.1 Å². The smallest absolute Gasteiger partial charge is 0.119 e. The SMILES string of the molecule is CCOc1ccc(C(C)NC(CC)CC(C)CC)cc1. The van der Waals surface area contributed by atoms with Crippen LogP contribution in [0, 0.1) is 5.92 Å². The van der Waals surface area contributed by atoms with E-state index in [0.717, 1.165) is 18.3 Å². The lowest BCUT2D eigenvalue weighted by molar-refractivity contribution is 0.339. The van der Waals surface area contributed by atoms with Gasteiger partial charge in [0.2, 0.25) is 0 Å². The standard InChI is InChI=1S/C18H31NO/c1-6-14(4)13-17(7-2)19-15(5)16-9-11-18(12-10-16)20-8-3/h9-12,14-15,17,19H,6-8,13H2,1-5H3. The van der Waals surface area contributed by atoms with Crippen molar-refractivity contribution in [2.45, 2.75) is 66.0 Å². The summed E-state index contributed by atoms with van der Waals surface area (Å²) in [5, 5.41) is 3.76. The second kappa shape index (κ2) is 9.02. The van der Waals surface area contributed by atoms with Gasteiger partial charge in [0, 0.05) is 12.1 Å². The predicted octanol–water partition coefficient (Wildman–Crippen LogP) is 4.95. The van der Waals surface area contributed by atoms with Crippen molar-refractivity contribution in [2.75, 3.05) is 6.61 Å². The summed E-state index contributed by atoms with van der Waals surface area (Å²) >= 11 is 0. The summed E-state index contributed by atoms with van der Waals surface area (Å²) < 4.78 is 5.49. The molecular weight excluding hydrogens is 246 g/mol. The van der Waals surface area contributed by atoms with E-state index in [-0.39, 0.29) is 0 Å². The first-order chi connectivity index (χ1) is 9.60. The predicted molar refractivity (Wildman–Crippen MR) is 87.3 cm³/mol. The highest BCUT2D eigenvalue weighted by molar-refractivity contribution is 5.29. The van der Waals surface area contributed by atoms with Crippen molar-refractivity contribution in [3.8, 4) is 5.75 Å². The Morgan fingerprint density at radius 2 is 1.65 bits per heavy atom. The maximum Gasteiger partial charge on any atom is 0.119 e. The molecule has 0 aliphatic rings. The number of ether oxygens (including phenoxy) is 1. The van der Waals surface area contributed by atoms with E-state index >= 15 is 0 Å². The van der Waals surface area contributed by atoms with Crippen LogP contribution in [-0.2, 0) is 0 Å². The molecule has 0 heterocycles. The van der Waals surface area contributed by atoms with Crippen LogP contribution in [0.5, 0.6) is 5.75 Å². The quantitative estimate of drug-likeness (QED) is 0.689. The summed E-state index contributed by atoms with van der Waals surface area (Å²) in [6.45, 7) is 11.9. The molecular formula is C18H31NO. The first-order valence-corrected chi connectivity index (χ1v) is 8.09. The molecule has 0 bridgehead atoms. The monoisotopic (exact) mass is 277 g/mol. The van der Waals surface area contributed by atoms with Crippen molar-refractivity contribution in [1.29, 1.82) is 0 Å². The Bertz CT molecular complexity index is 360. The van der Waals surface area contributed by atoms with E-state index in [1.807, 2.05) is 6.92 Å². The molecule has 20 heavy (non-hydrogen) atoms. The van der Waals surface area contributed by atoms with Crippen molar-refractivity contribution >= 4 is 0 Å². The van der Waals surface area contributed by atoms with E-state index in [0.29, 0.717) is 12.1 Å². The van der Waals surface area contributed by atoms with Crippen molar-refractivity contribution in [1.82, 2.24) is 5.32 Å². The number of hydrogen-bond acceptors (Lipinski definition) is 2. The lowest BCUT2D eigenvalue weighted by atomic mass is 9.96. The highest BCUT2D eigenvalue weighted by Crippen LogP contribution is 2.20. The average molecular weight is 277 g/mol. The normalized spacial score (nSPS) is 15.7. The Labute approximate surface area is 124 Å². The van der Waals surface area contributed by atoms with Gasteiger partial charge in [0.05, 0.1) is 6.61 Å². The molecule has 0 saturated heterocycles. The van der Waals surface area contributed by atoms with E-state index in [1.165, 1.54) is 24.8 Å². The first-order valence-electron chi connectivity index (χ1n) is 8.09. The summed E-state index contributed by atoms with van der Waals surface area (Å²) in [6, 6.07) is 9.45. The Morgan fingerprint density at radius 1 is 1.00 bits per heavy atom. The fourth-order valence-electron chi connectivity index (χ4n) is 2.47. The fraction of sp³-hybridized carbons (Fsp3) is 0.667. The molecule has 1 aromatic rings. The zero-order valence-electron chi connectivity index (χ0n) is 13.8. The molecule has 0 aliphatic carbocycles. The molecule has 0 fully saturated rings. The van der Waals surface area contributed by atoms with Crippen LogP contribution in [0.2, 0.25) is 0 Å². The van der Waals surface area contributed by atoms with Crippen LogP contribution in [0.1, 0.15) is 65.5 Å². The molecule has 1 aromatic carbocycles. The molecule has 0 radical (unpaired) electrons. The third-order valence-corrected chi connectivity index (χ3v) is 4.05. The van der Waals surface area contributed by atoms with Crippen LogP contribution >= 0.6 is 0 Å². The minimum atomic E-state index is 0.389. The maximum absolute atomic E-state index is 5.49. The Hall–Kier alpha value is -1.02. The van der Waals surface area contributed by atoms with E-state index in [1.54, 1.807) is 0 Å². The largest absolute Gasteiger partial charge is 0.494 e. The zero-order valence-corrected chi connectivity index (χ0v) is 13.8. The lowest BCUT2D eigenvalue weighted by Crippen LogP contribution is -2.32. The Kier molecular flexibility index (Phi) is 7.68. The van der Waals surface area contributed by atoms with Crippen molar-refractivity contribution < 1.29 is 4.74 Å². The van der Waals surface area contributed by atoms with Gasteiger partial charge in [-0.2, -0.15) is 0 Å². The van der Waals surface area contributed by atoms with Gasteiger partial charge in [-0.1, -0.05) is 39.3 Å². The van der Waals surface area contributed by atoms with Gasteiger partial charge in [-0.3, -0.25) is 0 Å². The number of hydrogen-bond donors (Lipinski definition) is 1. The fourth-order valence-corrected chi connectivity index (χ4v) is 2.47. The summed E-state index contributed by atoms with van der Waals surface area (Å²) in [5.74, 6) is 1.75. The highest BCUT2D eigenvalue weighted by Gasteiger charge is 2.14. The second-order valence-corrected chi connectivity index (χ2v) is 5.74. The van der Waals surface area contributed by atoms with Crippen LogP contribution in [0.4, 0.5) is 0 Å². The third-order valence-electron chi connectivity index (χ3n) is 4.05. The zero-order chi connectivity index (χ0) is 15.0. The molecule has 3 unspecified atom stereocenters. The van der Waals surface area contributed by atoms with E-state index < -0.39 is 0 Å². The molecule has 114 valence electrons. The summed E-state index contributed by atoms with van der Waals surface area (Å²) in [6.07, 6.45) is 3.70. The minimum Gasteiger partial charge on any atom is -0.494 e. The Balaban J connectivity index is 2.57. The highest BCUT2D eigenvalue weighted by atomic mass is 16.5. The molecule has 0 saturated carbocycles. The average Bonchev–Trinajstić information content (AvgIpc) is 2.47. The first kappa shape index (κ1) is 17.0. The van der Waals surface area contributed by atoms with Gasteiger partial charge in [0.15, 0.2) is 0 Å². The van der Waals surface area contributed by atoms with Gasteiger partial charge in [-0.05, 0) is 50.3 Å². The number of benzene rings is 1. The second-order valence-electron chi connectivity index (χ2n) is 5.74. The molecule has 3 atom stereocenters. The van der Waals surface area contributed by atoms with Crippen LogP contribution in [-0.4, -0.2) is 12.6 Å². The molecule has 2 heteroatoms. The summed E-state index contributed by atoms with van der Waals surface area (Å²) in [7, 11) is 0. The Morgan fingerprint density at radius 3 is 2.15 bits per heavy atom. The van der Waals surface area contributed by atoms with Crippen molar-refractivity contribution in [2.24, 2.45) is 5.92 Å².